The van der Waals surface area contributed by atoms with Crippen molar-refractivity contribution in [2.24, 2.45) is 0 Å². The molecule has 0 saturated heterocycles. The topological polar surface area (TPSA) is 21.3 Å². The highest BCUT2D eigenvalue weighted by atomic mass is 16.5. The number of ether oxygens (including phenoxy) is 1. The second-order valence-corrected chi connectivity index (χ2v) is 3.28. The second kappa shape index (κ2) is 6.10. The minimum Gasteiger partial charge on any atom is -0.494 e. The zero-order valence-electron chi connectivity index (χ0n) is 9.29. The number of rotatable bonds is 5. The number of para-hydroxylation sites is 1. The maximum atomic E-state index is 5.55. The van der Waals surface area contributed by atoms with Crippen LogP contribution in [-0.2, 0) is 0 Å². The van der Waals surface area contributed by atoms with Crippen LogP contribution >= 0.6 is 0 Å². The van der Waals surface area contributed by atoms with Crippen molar-refractivity contribution in [1.29, 1.82) is 0 Å². The molecule has 1 aromatic carbocycles. The summed E-state index contributed by atoms with van der Waals surface area (Å²) < 4.78 is 5.55. The summed E-state index contributed by atoms with van der Waals surface area (Å²) in [6.45, 7) is 5.31. The maximum Gasteiger partial charge on any atom is 0.124 e. The molecule has 1 N–H and O–H groups in total. The van der Waals surface area contributed by atoms with Gasteiger partial charge in [-0.25, -0.2) is 0 Å². The number of benzene rings is 1. The van der Waals surface area contributed by atoms with Gasteiger partial charge in [0.2, 0.25) is 0 Å². The molecule has 80 valence electrons. The number of terminal acetylenes is 1. The number of hydrogen-bond acceptors (Lipinski definition) is 2. The van der Waals surface area contributed by atoms with Crippen molar-refractivity contribution in [1.82, 2.24) is 5.32 Å². The molecule has 0 aliphatic rings. The second-order valence-electron chi connectivity index (χ2n) is 3.28. The van der Waals surface area contributed by atoms with E-state index in [9.17, 15) is 0 Å². The van der Waals surface area contributed by atoms with E-state index in [4.69, 9.17) is 11.2 Å². The quantitative estimate of drug-likeness (QED) is 0.742. The lowest BCUT2D eigenvalue weighted by atomic mass is 10.1. The Bertz CT molecular complexity index is 341. The third kappa shape index (κ3) is 3.30. The smallest absolute Gasteiger partial charge is 0.124 e. The van der Waals surface area contributed by atoms with Crippen LogP contribution in [0.4, 0.5) is 0 Å². The molecule has 15 heavy (non-hydrogen) atoms. The average Bonchev–Trinajstić information content (AvgIpc) is 2.27. The van der Waals surface area contributed by atoms with E-state index >= 15 is 0 Å². The summed E-state index contributed by atoms with van der Waals surface area (Å²) in [5.41, 5.74) is 1.15. The Kier molecular flexibility index (Phi) is 4.73. The molecule has 1 unspecified atom stereocenters. The van der Waals surface area contributed by atoms with E-state index in [0.29, 0.717) is 13.2 Å². The van der Waals surface area contributed by atoms with Crippen molar-refractivity contribution in [2.45, 2.75) is 19.9 Å². The zero-order valence-corrected chi connectivity index (χ0v) is 9.29. The van der Waals surface area contributed by atoms with E-state index in [1.165, 1.54) is 0 Å². The summed E-state index contributed by atoms with van der Waals surface area (Å²) in [5.74, 6) is 3.50. The van der Waals surface area contributed by atoms with E-state index in [1.807, 2.05) is 25.1 Å². The van der Waals surface area contributed by atoms with Crippen LogP contribution in [0.3, 0.4) is 0 Å². The SMILES string of the molecule is C#CCNC(C)c1ccccc1OCC. The fourth-order valence-corrected chi connectivity index (χ4v) is 1.45. The lowest BCUT2D eigenvalue weighted by molar-refractivity contribution is 0.333. The molecule has 0 aliphatic heterocycles. The van der Waals surface area contributed by atoms with Crippen LogP contribution in [0, 0.1) is 12.3 Å². The summed E-state index contributed by atoms with van der Waals surface area (Å²) in [5, 5.41) is 3.23. The number of hydrogen-bond donors (Lipinski definition) is 1. The van der Waals surface area contributed by atoms with Gasteiger partial charge in [-0.15, -0.1) is 6.42 Å². The Hall–Kier alpha value is -1.46. The largest absolute Gasteiger partial charge is 0.494 e. The summed E-state index contributed by atoms with van der Waals surface area (Å²) in [6.07, 6.45) is 5.21. The molecule has 0 fully saturated rings. The fourth-order valence-electron chi connectivity index (χ4n) is 1.45. The van der Waals surface area contributed by atoms with Crippen LogP contribution in [0.5, 0.6) is 5.75 Å². The molecule has 0 radical (unpaired) electrons. The van der Waals surface area contributed by atoms with Crippen molar-refractivity contribution in [3.63, 3.8) is 0 Å². The molecule has 1 rings (SSSR count). The first-order valence-corrected chi connectivity index (χ1v) is 5.18. The molecule has 2 heteroatoms. The van der Waals surface area contributed by atoms with Crippen LogP contribution in [-0.4, -0.2) is 13.2 Å². The Balaban J connectivity index is 2.78. The van der Waals surface area contributed by atoms with Gasteiger partial charge in [0.1, 0.15) is 5.75 Å². The summed E-state index contributed by atoms with van der Waals surface area (Å²) in [6, 6.07) is 8.23. The molecule has 0 saturated carbocycles. The predicted molar refractivity (Wildman–Crippen MR) is 62.9 cm³/mol. The molecule has 1 atom stereocenters. The molecule has 0 aromatic heterocycles. The predicted octanol–water partition coefficient (Wildman–Crippen LogP) is 2.37. The monoisotopic (exact) mass is 203 g/mol. The first-order chi connectivity index (χ1) is 7.29. The molecular formula is C13H17NO. The van der Waals surface area contributed by atoms with Gasteiger partial charge in [-0.05, 0) is 19.9 Å². The van der Waals surface area contributed by atoms with Crippen LogP contribution in [0.25, 0.3) is 0 Å². The highest BCUT2D eigenvalue weighted by molar-refractivity contribution is 5.35. The standard InChI is InChI=1S/C13H17NO/c1-4-10-14-11(3)12-8-6-7-9-13(12)15-5-2/h1,6-9,11,14H,5,10H2,2-3H3. The minimum absolute atomic E-state index is 0.212. The van der Waals surface area contributed by atoms with Gasteiger partial charge in [0.15, 0.2) is 0 Å². The third-order valence-corrected chi connectivity index (χ3v) is 2.20. The van der Waals surface area contributed by atoms with Crippen LogP contribution in [0.15, 0.2) is 24.3 Å². The summed E-state index contributed by atoms with van der Waals surface area (Å²) >= 11 is 0. The molecule has 0 amide bonds. The Morgan fingerprint density at radius 3 is 2.87 bits per heavy atom. The highest BCUT2D eigenvalue weighted by Crippen LogP contribution is 2.24. The number of nitrogens with one attached hydrogen (secondary N) is 1. The van der Waals surface area contributed by atoms with E-state index < -0.39 is 0 Å². The van der Waals surface area contributed by atoms with Crippen molar-refractivity contribution in [3.05, 3.63) is 29.8 Å². The van der Waals surface area contributed by atoms with Gasteiger partial charge in [-0.1, -0.05) is 24.1 Å². The Morgan fingerprint density at radius 2 is 2.20 bits per heavy atom. The van der Waals surface area contributed by atoms with Gasteiger partial charge in [0.25, 0.3) is 0 Å². The van der Waals surface area contributed by atoms with E-state index in [0.717, 1.165) is 11.3 Å². The van der Waals surface area contributed by atoms with E-state index in [-0.39, 0.29) is 6.04 Å². The van der Waals surface area contributed by atoms with Gasteiger partial charge in [-0.2, -0.15) is 0 Å². The normalized spacial score (nSPS) is 11.8. The van der Waals surface area contributed by atoms with E-state index in [1.54, 1.807) is 0 Å². The van der Waals surface area contributed by atoms with Crippen LogP contribution in [0.2, 0.25) is 0 Å². The van der Waals surface area contributed by atoms with Gasteiger partial charge >= 0.3 is 0 Å². The van der Waals surface area contributed by atoms with Gasteiger partial charge in [-0.3, -0.25) is 5.32 Å². The highest BCUT2D eigenvalue weighted by Gasteiger charge is 2.09. The van der Waals surface area contributed by atoms with E-state index in [2.05, 4.69) is 24.2 Å². The van der Waals surface area contributed by atoms with Crippen molar-refractivity contribution in [3.8, 4) is 18.1 Å². The van der Waals surface area contributed by atoms with Gasteiger partial charge < -0.3 is 4.74 Å². The Morgan fingerprint density at radius 1 is 1.47 bits per heavy atom. The van der Waals surface area contributed by atoms with Crippen LogP contribution in [0.1, 0.15) is 25.5 Å². The first-order valence-electron chi connectivity index (χ1n) is 5.18. The first kappa shape index (κ1) is 11.6. The van der Waals surface area contributed by atoms with Gasteiger partial charge in [0.05, 0.1) is 13.2 Å². The van der Waals surface area contributed by atoms with Crippen molar-refractivity contribution in [2.75, 3.05) is 13.2 Å². The lowest BCUT2D eigenvalue weighted by Gasteiger charge is -2.16. The van der Waals surface area contributed by atoms with Crippen molar-refractivity contribution >= 4 is 0 Å². The molecule has 2 nitrogen and oxygen atoms in total. The molecule has 0 heterocycles. The zero-order chi connectivity index (χ0) is 11.1. The Labute approximate surface area is 91.6 Å². The van der Waals surface area contributed by atoms with Crippen molar-refractivity contribution < 1.29 is 4.74 Å². The maximum absolute atomic E-state index is 5.55. The molecule has 0 bridgehead atoms. The lowest BCUT2D eigenvalue weighted by Crippen LogP contribution is -2.19. The molecular weight excluding hydrogens is 186 g/mol. The van der Waals surface area contributed by atoms with Gasteiger partial charge in [0, 0.05) is 11.6 Å². The fraction of sp³-hybridized carbons (Fsp3) is 0.385. The molecule has 0 aliphatic carbocycles. The minimum atomic E-state index is 0.212. The third-order valence-electron chi connectivity index (χ3n) is 2.20. The summed E-state index contributed by atoms with van der Waals surface area (Å²) in [4.78, 5) is 0. The molecule has 0 spiro atoms. The summed E-state index contributed by atoms with van der Waals surface area (Å²) in [7, 11) is 0. The molecule has 1 aromatic rings. The van der Waals surface area contributed by atoms with Crippen LogP contribution < -0.4 is 10.1 Å². The average molecular weight is 203 g/mol.